The largest absolute Gasteiger partial charge is 0.481 e. The zero-order chi connectivity index (χ0) is 13.7. The molecule has 1 aromatic carbocycles. The number of rotatable bonds is 5. The molecule has 1 rings (SSSR count). The van der Waals surface area contributed by atoms with Crippen LogP contribution in [-0.2, 0) is 9.59 Å². The molecule has 0 radical (unpaired) electrons. The van der Waals surface area contributed by atoms with Crippen molar-refractivity contribution in [2.24, 2.45) is 5.92 Å². The van der Waals surface area contributed by atoms with Gasteiger partial charge in [0.05, 0.1) is 12.5 Å². The molecule has 0 heterocycles. The fourth-order valence-electron chi connectivity index (χ4n) is 1.51. The first kappa shape index (κ1) is 14.5. The number of hydrogen-bond acceptors (Lipinski definition) is 2. The van der Waals surface area contributed by atoms with Gasteiger partial charge in [-0.1, -0.05) is 43.6 Å². The minimum atomic E-state index is -0.982. The summed E-state index contributed by atoms with van der Waals surface area (Å²) < 4.78 is 0. The predicted octanol–water partition coefficient (Wildman–Crippen LogP) is 2.63. The topological polar surface area (TPSA) is 66.4 Å². The molecule has 4 nitrogen and oxygen atoms in total. The maximum atomic E-state index is 11.7. The third-order valence-electron chi connectivity index (χ3n) is 2.50. The molecule has 5 heteroatoms. The molecule has 2 N–H and O–H groups in total. The number of hydrogen-bond donors (Lipinski definition) is 2. The molecule has 0 spiro atoms. The van der Waals surface area contributed by atoms with E-state index in [9.17, 15) is 9.59 Å². The van der Waals surface area contributed by atoms with Gasteiger partial charge in [-0.2, -0.15) is 0 Å². The van der Waals surface area contributed by atoms with Crippen molar-refractivity contribution in [1.29, 1.82) is 0 Å². The Kier molecular flexibility index (Phi) is 5.16. The second kappa shape index (κ2) is 6.40. The number of aliphatic carboxylic acids is 1. The number of nitrogens with one attached hydrogen (secondary N) is 1. The maximum absolute atomic E-state index is 11.7. The number of amides is 1. The second-order valence-corrected chi connectivity index (χ2v) is 4.74. The third-order valence-corrected chi connectivity index (χ3v) is 2.84. The van der Waals surface area contributed by atoms with Gasteiger partial charge in [0.1, 0.15) is 0 Å². The van der Waals surface area contributed by atoms with Gasteiger partial charge in [0.25, 0.3) is 0 Å². The van der Waals surface area contributed by atoms with Crippen LogP contribution >= 0.6 is 11.6 Å². The minimum absolute atomic E-state index is 0.192. The molecule has 0 aromatic heterocycles. The van der Waals surface area contributed by atoms with Gasteiger partial charge >= 0.3 is 5.97 Å². The van der Waals surface area contributed by atoms with E-state index >= 15 is 0 Å². The molecule has 1 amide bonds. The van der Waals surface area contributed by atoms with Gasteiger partial charge in [-0.25, -0.2) is 0 Å². The Balaban J connectivity index is 2.95. The number of carboxylic acid groups (broad SMARTS) is 1. The van der Waals surface area contributed by atoms with Crippen molar-refractivity contribution < 1.29 is 14.7 Å². The van der Waals surface area contributed by atoms with Gasteiger partial charge in [-0.3, -0.25) is 9.59 Å². The van der Waals surface area contributed by atoms with Crippen molar-refractivity contribution in [3.05, 3.63) is 34.9 Å². The van der Waals surface area contributed by atoms with E-state index in [1.165, 1.54) is 0 Å². The first-order chi connectivity index (χ1) is 8.41. The standard InChI is InChI=1S/C13H16ClNO3/c1-8(2)13(18)15-11(7-12(16)17)9-5-3-4-6-10(9)14/h3-6,8,11H,7H2,1-2H3,(H,15,18)(H,16,17). The molecule has 0 saturated carbocycles. The van der Waals surface area contributed by atoms with Gasteiger partial charge in [0.2, 0.25) is 5.91 Å². The molecule has 0 aliphatic carbocycles. The molecule has 0 bridgehead atoms. The monoisotopic (exact) mass is 269 g/mol. The number of carbonyl (C=O) groups is 2. The van der Waals surface area contributed by atoms with Gasteiger partial charge < -0.3 is 10.4 Å². The van der Waals surface area contributed by atoms with E-state index in [1.807, 2.05) is 0 Å². The third kappa shape index (κ3) is 4.04. The maximum Gasteiger partial charge on any atom is 0.305 e. The molecule has 18 heavy (non-hydrogen) atoms. The number of carboxylic acids is 1. The lowest BCUT2D eigenvalue weighted by atomic mass is 10.0. The lowest BCUT2D eigenvalue weighted by Gasteiger charge is -2.19. The summed E-state index contributed by atoms with van der Waals surface area (Å²) in [5, 5.41) is 12.0. The smallest absolute Gasteiger partial charge is 0.305 e. The second-order valence-electron chi connectivity index (χ2n) is 4.34. The van der Waals surface area contributed by atoms with Crippen LogP contribution in [0.15, 0.2) is 24.3 Å². The van der Waals surface area contributed by atoms with E-state index in [2.05, 4.69) is 5.32 Å². The number of carbonyl (C=O) groups excluding carboxylic acids is 1. The molecule has 0 aliphatic heterocycles. The number of benzene rings is 1. The summed E-state index contributed by atoms with van der Waals surface area (Å²) in [4.78, 5) is 22.5. The normalized spacial score (nSPS) is 12.2. The van der Waals surface area contributed by atoms with Gasteiger partial charge in [-0.05, 0) is 11.6 Å². The van der Waals surface area contributed by atoms with Crippen LogP contribution in [0.5, 0.6) is 0 Å². The molecule has 0 aliphatic rings. The highest BCUT2D eigenvalue weighted by atomic mass is 35.5. The first-order valence-corrected chi connectivity index (χ1v) is 6.06. The SMILES string of the molecule is CC(C)C(=O)NC(CC(=O)O)c1ccccc1Cl. The Morgan fingerprint density at radius 3 is 2.44 bits per heavy atom. The average molecular weight is 270 g/mol. The van der Waals surface area contributed by atoms with Crippen LogP contribution in [0.25, 0.3) is 0 Å². The van der Waals surface area contributed by atoms with Gasteiger partial charge in [-0.15, -0.1) is 0 Å². The summed E-state index contributed by atoms with van der Waals surface area (Å²) in [7, 11) is 0. The lowest BCUT2D eigenvalue weighted by Crippen LogP contribution is -2.33. The fraction of sp³-hybridized carbons (Fsp3) is 0.385. The summed E-state index contributed by atoms with van der Waals surface area (Å²) in [6.45, 7) is 3.50. The highest BCUT2D eigenvalue weighted by molar-refractivity contribution is 6.31. The van der Waals surface area contributed by atoms with Crippen molar-refractivity contribution in [1.82, 2.24) is 5.32 Å². The molecule has 0 saturated heterocycles. The minimum Gasteiger partial charge on any atom is -0.481 e. The van der Waals surface area contributed by atoms with Crippen molar-refractivity contribution in [3.63, 3.8) is 0 Å². The Labute approximate surface area is 111 Å². The van der Waals surface area contributed by atoms with E-state index in [-0.39, 0.29) is 18.2 Å². The van der Waals surface area contributed by atoms with Crippen LogP contribution in [0.3, 0.4) is 0 Å². The summed E-state index contributed by atoms with van der Waals surface area (Å²) in [5.74, 6) is -1.38. The fourth-order valence-corrected chi connectivity index (χ4v) is 1.78. The van der Waals surface area contributed by atoms with Crippen LogP contribution in [0, 0.1) is 5.92 Å². The van der Waals surface area contributed by atoms with Crippen molar-refractivity contribution in [3.8, 4) is 0 Å². The highest BCUT2D eigenvalue weighted by Gasteiger charge is 2.21. The molecule has 1 atom stereocenters. The van der Waals surface area contributed by atoms with E-state index in [1.54, 1.807) is 38.1 Å². The van der Waals surface area contributed by atoms with Crippen molar-refractivity contribution in [2.75, 3.05) is 0 Å². The van der Waals surface area contributed by atoms with Crippen molar-refractivity contribution >= 4 is 23.5 Å². The Hall–Kier alpha value is -1.55. The lowest BCUT2D eigenvalue weighted by molar-refractivity contribution is -0.137. The molecule has 98 valence electrons. The van der Waals surface area contributed by atoms with Crippen LogP contribution in [0.2, 0.25) is 5.02 Å². The quantitative estimate of drug-likeness (QED) is 0.863. The predicted molar refractivity (Wildman–Crippen MR) is 69.4 cm³/mol. The molecule has 1 unspecified atom stereocenters. The van der Waals surface area contributed by atoms with E-state index in [0.29, 0.717) is 10.6 Å². The van der Waals surface area contributed by atoms with Crippen LogP contribution in [0.1, 0.15) is 31.9 Å². The molecular weight excluding hydrogens is 254 g/mol. The Bertz CT molecular complexity index is 446. The summed E-state index contributed by atoms with van der Waals surface area (Å²) in [6.07, 6.45) is -0.192. The van der Waals surface area contributed by atoms with E-state index in [0.717, 1.165) is 0 Å². The zero-order valence-electron chi connectivity index (χ0n) is 10.3. The van der Waals surface area contributed by atoms with Gasteiger partial charge in [0.15, 0.2) is 0 Å². The van der Waals surface area contributed by atoms with Crippen LogP contribution in [0.4, 0.5) is 0 Å². The molecular formula is C13H16ClNO3. The summed E-state index contributed by atoms with van der Waals surface area (Å²) >= 11 is 6.02. The van der Waals surface area contributed by atoms with Crippen LogP contribution < -0.4 is 5.32 Å². The first-order valence-electron chi connectivity index (χ1n) is 5.68. The van der Waals surface area contributed by atoms with Crippen LogP contribution in [-0.4, -0.2) is 17.0 Å². The van der Waals surface area contributed by atoms with Crippen molar-refractivity contribution in [2.45, 2.75) is 26.3 Å². The summed E-state index contributed by atoms with van der Waals surface area (Å²) in [6, 6.07) is 6.31. The summed E-state index contributed by atoms with van der Waals surface area (Å²) in [5.41, 5.74) is 0.621. The van der Waals surface area contributed by atoms with E-state index < -0.39 is 12.0 Å². The molecule has 1 aromatic rings. The highest BCUT2D eigenvalue weighted by Crippen LogP contribution is 2.25. The number of halogens is 1. The zero-order valence-corrected chi connectivity index (χ0v) is 11.1. The average Bonchev–Trinajstić information content (AvgIpc) is 2.28. The van der Waals surface area contributed by atoms with Gasteiger partial charge in [0, 0.05) is 10.9 Å². The Morgan fingerprint density at radius 1 is 1.33 bits per heavy atom. The Morgan fingerprint density at radius 2 is 1.94 bits per heavy atom. The van der Waals surface area contributed by atoms with E-state index in [4.69, 9.17) is 16.7 Å². The molecule has 0 fully saturated rings.